The molecule has 0 radical (unpaired) electrons. The predicted octanol–water partition coefficient (Wildman–Crippen LogP) is 2.71. The van der Waals surface area contributed by atoms with E-state index in [0.29, 0.717) is 23.7 Å². The minimum atomic E-state index is -3.60. The molecular weight excluding hydrogens is 480 g/mol. The quantitative estimate of drug-likeness (QED) is 0.415. The van der Waals surface area contributed by atoms with Gasteiger partial charge in [0.25, 0.3) is 11.8 Å². The second kappa shape index (κ2) is 9.47. The molecule has 9 nitrogen and oxygen atoms in total. The van der Waals surface area contributed by atoms with E-state index in [1.165, 1.54) is 12.5 Å². The third kappa shape index (κ3) is 4.74. The SMILES string of the molecule is CCOc1cc(C(CS(C)(=O)=O)N2C(=O)c3csc(NC(=O)CCl)c3C2=O)ccc1OC. The number of thiophene rings is 1. The second-order valence-corrected chi connectivity index (χ2v) is 10.3. The Bertz CT molecular complexity index is 1180. The molecule has 1 aliphatic heterocycles. The van der Waals surface area contributed by atoms with Gasteiger partial charge >= 0.3 is 0 Å². The molecule has 12 heteroatoms. The number of hydrogen-bond acceptors (Lipinski definition) is 8. The summed E-state index contributed by atoms with van der Waals surface area (Å²) in [6.07, 6.45) is 1.03. The van der Waals surface area contributed by atoms with E-state index >= 15 is 0 Å². The minimum Gasteiger partial charge on any atom is -0.493 e. The molecule has 32 heavy (non-hydrogen) atoms. The standard InChI is InChI=1S/C20H21ClN2O7S2/c1-4-30-15-7-11(5-6-14(15)29-2)13(10-32(3,27)28)23-19(25)12-9-31-18(17(12)20(23)26)22-16(24)8-21/h5-7,9,13H,4,8,10H2,1-3H3,(H,22,24). The molecule has 1 atom stereocenters. The first-order valence-corrected chi connectivity index (χ1v) is 12.9. The lowest BCUT2D eigenvalue weighted by Crippen LogP contribution is -2.38. The minimum absolute atomic E-state index is 0.0236. The van der Waals surface area contributed by atoms with Crippen LogP contribution in [-0.4, -0.2) is 62.6 Å². The number of methoxy groups -OCH3 is 1. The average Bonchev–Trinajstić information content (AvgIpc) is 3.25. The molecule has 3 amide bonds. The largest absolute Gasteiger partial charge is 0.493 e. The highest BCUT2D eigenvalue weighted by atomic mass is 35.5. The summed E-state index contributed by atoms with van der Waals surface area (Å²) in [5.74, 6) is -1.89. The number of ether oxygens (including phenoxy) is 2. The molecule has 0 saturated heterocycles. The second-order valence-electron chi connectivity index (χ2n) is 6.97. The number of imide groups is 1. The van der Waals surface area contributed by atoms with E-state index in [-0.39, 0.29) is 22.0 Å². The Morgan fingerprint density at radius 3 is 2.56 bits per heavy atom. The number of hydrogen-bond donors (Lipinski definition) is 1. The molecule has 0 bridgehead atoms. The van der Waals surface area contributed by atoms with Gasteiger partial charge in [0.1, 0.15) is 20.7 Å². The third-order valence-electron chi connectivity index (χ3n) is 4.69. The lowest BCUT2D eigenvalue weighted by Gasteiger charge is -2.27. The predicted molar refractivity (Wildman–Crippen MR) is 121 cm³/mol. The van der Waals surface area contributed by atoms with Crippen molar-refractivity contribution in [3.63, 3.8) is 0 Å². The van der Waals surface area contributed by atoms with E-state index in [9.17, 15) is 22.8 Å². The number of carbonyl (C=O) groups excluding carboxylic acids is 3. The van der Waals surface area contributed by atoms with Crippen LogP contribution in [0.1, 0.15) is 39.2 Å². The van der Waals surface area contributed by atoms with Gasteiger partial charge in [-0.05, 0) is 24.6 Å². The Morgan fingerprint density at radius 1 is 1.25 bits per heavy atom. The molecule has 1 aromatic carbocycles. The molecule has 172 valence electrons. The monoisotopic (exact) mass is 500 g/mol. The summed E-state index contributed by atoms with van der Waals surface area (Å²) in [4.78, 5) is 39.0. The van der Waals surface area contributed by atoms with Gasteiger partial charge in [0.2, 0.25) is 5.91 Å². The summed E-state index contributed by atoms with van der Waals surface area (Å²) in [7, 11) is -2.14. The zero-order valence-electron chi connectivity index (χ0n) is 17.5. The number of sulfone groups is 1. The molecule has 0 saturated carbocycles. The van der Waals surface area contributed by atoms with Crippen LogP contribution in [0.25, 0.3) is 0 Å². The third-order valence-corrected chi connectivity index (χ3v) is 6.75. The van der Waals surface area contributed by atoms with E-state index in [1.807, 2.05) is 0 Å². The number of alkyl halides is 1. The Hall–Kier alpha value is -2.63. The Kier molecular flexibility index (Phi) is 7.11. The van der Waals surface area contributed by atoms with Crippen molar-refractivity contribution < 1.29 is 32.3 Å². The number of benzene rings is 1. The van der Waals surface area contributed by atoms with Crippen molar-refractivity contribution in [2.24, 2.45) is 0 Å². The summed E-state index contributed by atoms with van der Waals surface area (Å²) in [6, 6.07) is 3.62. The average molecular weight is 501 g/mol. The maximum atomic E-state index is 13.3. The number of carbonyl (C=O) groups is 3. The zero-order chi connectivity index (χ0) is 23.6. The molecule has 1 unspecified atom stereocenters. The van der Waals surface area contributed by atoms with E-state index < -0.39 is 39.4 Å². The molecule has 3 rings (SSSR count). The number of amides is 3. The van der Waals surface area contributed by atoms with Crippen molar-refractivity contribution in [1.82, 2.24) is 4.90 Å². The van der Waals surface area contributed by atoms with Crippen LogP contribution in [-0.2, 0) is 14.6 Å². The number of fused-ring (bicyclic) bond motifs is 1. The molecule has 1 N–H and O–H groups in total. The molecule has 2 aromatic rings. The number of nitrogens with zero attached hydrogens (tertiary/aromatic N) is 1. The van der Waals surface area contributed by atoms with Crippen LogP contribution in [0, 0.1) is 0 Å². The highest BCUT2D eigenvalue weighted by Crippen LogP contribution is 2.41. The Morgan fingerprint density at radius 2 is 1.97 bits per heavy atom. The lowest BCUT2D eigenvalue weighted by molar-refractivity contribution is -0.113. The fourth-order valence-corrected chi connectivity index (χ4v) is 5.30. The highest BCUT2D eigenvalue weighted by molar-refractivity contribution is 7.90. The van der Waals surface area contributed by atoms with Gasteiger partial charge in [-0.25, -0.2) is 8.42 Å². The van der Waals surface area contributed by atoms with Crippen LogP contribution >= 0.6 is 22.9 Å². The van der Waals surface area contributed by atoms with Gasteiger partial charge < -0.3 is 14.8 Å². The van der Waals surface area contributed by atoms with Crippen molar-refractivity contribution in [2.45, 2.75) is 13.0 Å². The van der Waals surface area contributed by atoms with Gasteiger partial charge in [0.15, 0.2) is 11.5 Å². The molecule has 0 spiro atoms. The number of rotatable bonds is 9. The van der Waals surface area contributed by atoms with E-state index in [0.717, 1.165) is 22.5 Å². The van der Waals surface area contributed by atoms with Gasteiger partial charge in [-0.3, -0.25) is 19.3 Å². The summed E-state index contributed by atoms with van der Waals surface area (Å²) in [6.45, 7) is 2.11. The van der Waals surface area contributed by atoms with E-state index in [1.54, 1.807) is 25.1 Å². The first-order chi connectivity index (χ1) is 15.1. The van der Waals surface area contributed by atoms with Gasteiger partial charge in [-0.2, -0.15) is 0 Å². The number of halogens is 1. The highest BCUT2D eigenvalue weighted by Gasteiger charge is 2.44. The van der Waals surface area contributed by atoms with Crippen molar-refractivity contribution in [3.8, 4) is 11.5 Å². The first kappa shape index (κ1) is 24.0. The van der Waals surface area contributed by atoms with Crippen LogP contribution < -0.4 is 14.8 Å². The van der Waals surface area contributed by atoms with Crippen LogP contribution in [0.5, 0.6) is 11.5 Å². The van der Waals surface area contributed by atoms with Crippen LogP contribution in [0.4, 0.5) is 5.00 Å². The topological polar surface area (TPSA) is 119 Å². The van der Waals surface area contributed by atoms with Gasteiger partial charge in [-0.15, -0.1) is 22.9 Å². The van der Waals surface area contributed by atoms with Crippen molar-refractivity contribution in [2.75, 3.05) is 36.9 Å². The van der Waals surface area contributed by atoms with Crippen molar-refractivity contribution >= 4 is 55.5 Å². The molecule has 1 aliphatic rings. The fraction of sp³-hybridized carbons (Fsp3) is 0.350. The van der Waals surface area contributed by atoms with Crippen LogP contribution in [0.15, 0.2) is 23.6 Å². The van der Waals surface area contributed by atoms with Gasteiger partial charge in [0, 0.05) is 11.6 Å². The fourth-order valence-electron chi connectivity index (χ4n) is 3.38. The number of anilines is 1. The van der Waals surface area contributed by atoms with Gasteiger partial charge in [0.05, 0.1) is 36.6 Å². The summed E-state index contributed by atoms with van der Waals surface area (Å²) in [5, 5.41) is 4.15. The molecular formula is C20H21ClN2O7S2. The lowest BCUT2D eigenvalue weighted by atomic mass is 10.1. The van der Waals surface area contributed by atoms with E-state index in [4.69, 9.17) is 21.1 Å². The molecule has 1 aromatic heterocycles. The van der Waals surface area contributed by atoms with Crippen LogP contribution in [0.3, 0.4) is 0 Å². The normalized spacial score (nSPS) is 14.3. The number of nitrogens with one attached hydrogen (secondary N) is 1. The Balaban J connectivity index is 2.07. The first-order valence-electron chi connectivity index (χ1n) is 9.44. The zero-order valence-corrected chi connectivity index (χ0v) is 19.9. The Labute approximate surface area is 194 Å². The molecule has 2 heterocycles. The van der Waals surface area contributed by atoms with Crippen molar-refractivity contribution in [1.29, 1.82) is 0 Å². The maximum absolute atomic E-state index is 13.3. The summed E-state index contributed by atoms with van der Waals surface area (Å²) >= 11 is 6.55. The van der Waals surface area contributed by atoms with Crippen LogP contribution in [0.2, 0.25) is 0 Å². The van der Waals surface area contributed by atoms with E-state index in [2.05, 4.69) is 5.32 Å². The molecule has 0 fully saturated rings. The molecule has 0 aliphatic carbocycles. The van der Waals surface area contributed by atoms with Crippen molar-refractivity contribution in [3.05, 3.63) is 40.3 Å². The summed E-state index contributed by atoms with van der Waals surface area (Å²) in [5.41, 5.74) is 0.513. The summed E-state index contributed by atoms with van der Waals surface area (Å²) < 4.78 is 35.2. The van der Waals surface area contributed by atoms with Gasteiger partial charge in [-0.1, -0.05) is 6.07 Å². The maximum Gasteiger partial charge on any atom is 0.265 e. The smallest absolute Gasteiger partial charge is 0.265 e.